The number of nitrogens with one attached hydrogen (secondary N) is 2. The predicted molar refractivity (Wildman–Crippen MR) is 116 cm³/mol. The van der Waals surface area contributed by atoms with Gasteiger partial charge in [-0.15, -0.1) is 0 Å². The third-order valence-electron chi connectivity index (χ3n) is 4.31. The smallest absolute Gasteiger partial charge is 0.387 e. The van der Waals surface area contributed by atoms with E-state index in [0.29, 0.717) is 17.9 Å². The molecule has 33 heavy (non-hydrogen) atoms. The Bertz CT molecular complexity index is 937. The van der Waals surface area contributed by atoms with Crippen LogP contribution < -0.4 is 20.1 Å². The van der Waals surface area contributed by atoms with Crippen LogP contribution in [0.25, 0.3) is 0 Å². The molecule has 2 N–H and O–H groups in total. The summed E-state index contributed by atoms with van der Waals surface area (Å²) in [6.07, 6.45) is 0.696. The Hall–Kier alpha value is -3.69. The lowest BCUT2D eigenvalue weighted by molar-refractivity contribution is -0.152. The normalized spacial score (nSPS) is 11.4. The molecule has 10 heteroatoms. The summed E-state index contributed by atoms with van der Waals surface area (Å²) in [5, 5.41) is 4.77. The lowest BCUT2D eigenvalue weighted by atomic mass is 10.2. The van der Waals surface area contributed by atoms with Crippen molar-refractivity contribution in [3.63, 3.8) is 0 Å². The summed E-state index contributed by atoms with van der Waals surface area (Å²) in [6.45, 7) is 0.426. The van der Waals surface area contributed by atoms with Gasteiger partial charge in [0, 0.05) is 5.56 Å². The van der Waals surface area contributed by atoms with Crippen LogP contribution in [-0.4, -0.2) is 43.7 Å². The number of esters is 1. The Morgan fingerprint density at radius 2 is 1.73 bits per heavy atom. The van der Waals surface area contributed by atoms with Crippen LogP contribution >= 0.6 is 0 Å². The van der Waals surface area contributed by atoms with Crippen LogP contribution in [0, 0.1) is 0 Å². The molecule has 0 aromatic heterocycles. The molecule has 1 atom stereocenters. The molecule has 2 aromatic rings. The molecule has 2 aromatic carbocycles. The van der Waals surface area contributed by atoms with Gasteiger partial charge in [-0.05, 0) is 49.7 Å². The number of unbranched alkanes of at least 4 members (excludes halogenated alkanes) is 1. The maximum Gasteiger partial charge on any atom is 0.387 e. The van der Waals surface area contributed by atoms with E-state index in [-0.39, 0.29) is 11.4 Å². The zero-order valence-electron chi connectivity index (χ0n) is 18.3. The van der Waals surface area contributed by atoms with Crippen molar-refractivity contribution in [2.45, 2.75) is 39.4 Å². The van der Waals surface area contributed by atoms with Crippen molar-refractivity contribution in [2.75, 3.05) is 18.5 Å². The summed E-state index contributed by atoms with van der Waals surface area (Å²) in [4.78, 5) is 36.4. The van der Waals surface area contributed by atoms with Gasteiger partial charge in [0.15, 0.2) is 6.10 Å². The number of alkyl halides is 2. The molecule has 0 heterocycles. The highest BCUT2D eigenvalue weighted by molar-refractivity contribution is 5.98. The highest BCUT2D eigenvalue weighted by Gasteiger charge is 2.20. The van der Waals surface area contributed by atoms with Gasteiger partial charge in [-0.1, -0.05) is 25.5 Å². The van der Waals surface area contributed by atoms with Crippen molar-refractivity contribution >= 4 is 23.5 Å². The summed E-state index contributed by atoms with van der Waals surface area (Å²) in [5.74, 6) is -1.68. The predicted octanol–water partition coefficient (Wildman–Crippen LogP) is 3.77. The molecule has 0 saturated heterocycles. The van der Waals surface area contributed by atoms with Gasteiger partial charge in [0.2, 0.25) is 0 Å². The standard InChI is InChI=1S/C23H26F2N2O6/c1-3-4-13-31-17-11-9-16(10-12-17)22(30)26-14-20(28)32-15(2)21(29)27-18-7-5-6-8-19(18)33-23(24)25/h5-12,15,23H,3-4,13-14H2,1-2H3,(H,26,30)(H,27,29). The van der Waals surface area contributed by atoms with Gasteiger partial charge < -0.3 is 24.8 Å². The Morgan fingerprint density at radius 1 is 1.03 bits per heavy atom. The highest BCUT2D eigenvalue weighted by atomic mass is 19.3. The molecular weight excluding hydrogens is 438 g/mol. The number of rotatable bonds is 12. The number of hydrogen-bond donors (Lipinski definition) is 2. The minimum absolute atomic E-state index is 0.00104. The summed E-state index contributed by atoms with van der Waals surface area (Å²) < 4.78 is 39.8. The molecule has 0 fully saturated rings. The van der Waals surface area contributed by atoms with Crippen molar-refractivity contribution in [3.05, 3.63) is 54.1 Å². The lowest BCUT2D eigenvalue weighted by Crippen LogP contribution is -2.35. The Morgan fingerprint density at radius 3 is 2.39 bits per heavy atom. The van der Waals surface area contributed by atoms with Crippen LogP contribution in [0.2, 0.25) is 0 Å². The Kier molecular flexibility index (Phi) is 10.1. The van der Waals surface area contributed by atoms with Crippen LogP contribution in [0.4, 0.5) is 14.5 Å². The monoisotopic (exact) mass is 464 g/mol. The quantitative estimate of drug-likeness (QED) is 0.366. The molecule has 8 nitrogen and oxygen atoms in total. The van der Waals surface area contributed by atoms with Crippen LogP contribution in [0.1, 0.15) is 37.0 Å². The Balaban J connectivity index is 1.80. The fourth-order valence-electron chi connectivity index (χ4n) is 2.59. The zero-order valence-corrected chi connectivity index (χ0v) is 18.3. The molecule has 0 aliphatic heterocycles. The molecule has 0 aliphatic rings. The van der Waals surface area contributed by atoms with Crippen molar-refractivity contribution in [1.29, 1.82) is 0 Å². The molecule has 178 valence electrons. The number of anilines is 1. The van der Waals surface area contributed by atoms with E-state index in [1.54, 1.807) is 24.3 Å². The van der Waals surface area contributed by atoms with Crippen molar-refractivity contribution in [3.8, 4) is 11.5 Å². The molecular formula is C23H26F2N2O6. The SMILES string of the molecule is CCCCOc1ccc(C(=O)NCC(=O)OC(C)C(=O)Nc2ccccc2OC(F)F)cc1. The third-order valence-corrected chi connectivity index (χ3v) is 4.31. The second kappa shape index (κ2) is 13.0. The van der Waals surface area contributed by atoms with Gasteiger partial charge in [-0.25, -0.2) is 0 Å². The second-order valence-electron chi connectivity index (χ2n) is 6.91. The van der Waals surface area contributed by atoms with Crippen molar-refractivity contribution in [2.24, 2.45) is 0 Å². The van der Waals surface area contributed by atoms with Gasteiger partial charge in [-0.3, -0.25) is 14.4 Å². The van der Waals surface area contributed by atoms with E-state index in [4.69, 9.17) is 9.47 Å². The number of halogens is 2. The van der Waals surface area contributed by atoms with Crippen molar-refractivity contribution < 1.29 is 37.4 Å². The molecule has 0 bridgehead atoms. The molecule has 2 rings (SSSR count). The van der Waals surface area contributed by atoms with Crippen LogP contribution in [0.3, 0.4) is 0 Å². The number of amides is 2. The maximum atomic E-state index is 12.5. The first-order valence-corrected chi connectivity index (χ1v) is 10.4. The molecule has 0 saturated carbocycles. The molecule has 0 radical (unpaired) electrons. The number of carbonyl (C=O) groups is 3. The first-order valence-electron chi connectivity index (χ1n) is 10.4. The number of hydrogen-bond acceptors (Lipinski definition) is 6. The van der Waals surface area contributed by atoms with Gasteiger partial charge >= 0.3 is 12.6 Å². The van der Waals surface area contributed by atoms with Gasteiger partial charge in [0.25, 0.3) is 11.8 Å². The first-order chi connectivity index (χ1) is 15.8. The zero-order chi connectivity index (χ0) is 24.2. The third kappa shape index (κ3) is 8.76. The topological polar surface area (TPSA) is 103 Å². The van der Waals surface area contributed by atoms with E-state index < -0.39 is 37.0 Å². The van der Waals surface area contributed by atoms with Crippen LogP contribution in [0.5, 0.6) is 11.5 Å². The molecule has 1 unspecified atom stereocenters. The van der Waals surface area contributed by atoms with E-state index in [1.165, 1.54) is 31.2 Å². The average Bonchev–Trinajstić information content (AvgIpc) is 2.79. The van der Waals surface area contributed by atoms with E-state index in [9.17, 15) is 23.2 Å². The Labute approximate surface area is 190 Å². The summed E-state index contributed by atoms with van der Waals surface area (Å²) in [6, 6.07) is 12.1. The first kappa shape index (κ1) is 25.6. The minimum Gasteiger partial charge on any atom is -0.494 e. The van der Waals surface area contributed by atoms with Gasteiger partial charge in [-0.2, -0.15) is 8.78 Å². The van der Waals surface area contributed by atoms with E-state index in [1.807, 2.05) is 0 Å². The number of ether oxygens (including phenoxy) is 3. The fraction of sp³-hybridized carbons (Fsp3) is 0.348. The summed E-state index contributed by atoms with van der Waals surface area (Å²) in [5.41, 5.74) is 0.327. The highest BCUT2D eigenvalue weighted by Crippen LogP contribution is 2.25. The van der Waals surface area contributed by atoms with E-state index in [0.717, 1.165) is 12.8 Å². The van der Waals surface area contributed by atoms with Crippen LogP contribution in [-0.2, 0) is 14.3 Å². The van der Waals surface area contributed by atoms with Gasteiger partial charge in [0.05, 0.1) is 12.3 Å². The van der Waals surface area contributed by atoms with Crippen molar-refractivity contribution in [1.82, 2.24) is 5.32 Å². The molecule has 0 spiro atoms. The van der Waals surface area contributed by atoms with Gasteiger partial charge in [0.1, 0.15) is 18.0 Å². The number of carbonyl (C=O) groups excluding carboxylic acids is 3. The van der Waals surface area contributed by atoms with E-state index >= 15 is 0 Å². The average molecular weight is 464 g/mol. The lowest BCUT2D eigenvalue weighted by Gasteiger charge is -2.16. The maximum absolute atomic E-state index is 12.5. The number of para-hydroxylation sites is 2. The summed E-state index contributed by atoms with van der Waals surface area (Å²) >= 11 is 0. The number of benzene rings is 2. The second-order valence-corrected chi connectivity index (χ2v) is 6.91. The van der Waals surface area contributed by atoms with Crippen LogP contribution in [0.15, 0.2) is 48.5 Å². The molecule has 2 amide bonds. The largest absolute Gasteiger partial charge is 0.494 e. The fourth-order valence-corrected chi connectivity index (χ4v) is 2.59. The summed E-state index contributed by atoms with van der Waals surface area (Å²) in [7, 11) is 0. The van der Waals surface area contributed by atoms with E-state index in [2.05, 4.69) is 22.3 Å². The molecule has 0 aliphatic carbocycles. The minimum atomic E-state index is -3.06.